The highest BCUT2D eigenvalue weighted by Gasteiger charge is 2.26. The van der Waals surface area contributed by atoms with Crippen molar-refractivity contribution in [1.29, 1.82) is 0 Å². The third-order valence-corrected chi connectivity index (χ3v) is 3.99. The van der Waals surface area contributed by atoms with Crippen LogP contribution < -0.4 is 0 Å². The molecule has 4 nitrogen and oxygen atoms in total. The van der Waals surface area contributed by atoms with E-state index in [2.05, 4.69) is 47.2 Å². The Morgan fingerprint density at radius 3 is 2.95 bits per heavy atom. The number of aromatic nitrogens is 3. The van der Waals surface area contributed by atoms with Crippen molar-refractivity contribution in [2.75, 3.05) is 6.54 Å². The molecule has 0 radical (unpaired) electrons. The van der Waals surface area contributed by atoms with Crippen LogP contribution in [0.25, 0.3) is 0 Å². The fourth-order valence-corrected chi connectivity index (χ4v) is 2.92. The van der Waals surface area contributed by atoms with Crippen molar-refractivity contribution in [2.45, 2.75) is 45.3 Å². The normalized spacial score (nSPS) is 19.9. The van der Waals surface area contributed by atoms with Gasteiger partial charge in [0.25, 0.3) is 0 Å². The minimum absolute atomic E-state index is 0.427. The van der Waals surface area contributed by atoms with Crippen LogP contribution in [0.2, 0.25) is 0 Å². The van der Waals surface area contributed by atoms with Gasteiger partial charge < -0.3 is 0 Å². The van der Waals surface area contributed by atoms with Crippen LogP contribution in [0.15, 0.2) is 36.8 Å². The van der Waals surface area contributed by atoms with Gasteiger partial charge in [0.1, 0.15) is 0 Å². The Bertz CT molecular complexity index is 547. The number of nitrogens with zero attached hydrogens (tertiary/aromatic N) is 4. The molecule has 20 heavy (non-hydrogen) atoms. The first-order valence-corrected chi connectivity index (χ1v) is 7.42. The lowest BCUT2D eigenvalue weighted by Gasteiger charge is -2.23. The van der Waals surface area contributed by atoms with Crippen LogP contribution in [0.3, 0.4) is 0 Å². The molecule has 1 saturated heterocycles. The molecule has 0 bridgehead atoms. The average Bonchev–Trinajstić information content (AvgIpc) is 3.09. The first-order valence-electron chi connectivity index (χ1n) is 7.42. The van der Waals surface area contributed by atoms with E-state index in [-0.39, 0.29) is 0 Å². The van der Waals surface area contributed by atoms with Gasteiger partial charge in [-0.15, -0.1) is 0 Å². The van der Waals surface area contributed by atoms with E-state index in [1.807, 2.05) is 23.1 Å². The van der Waals surface area contributed by atoms with Crippen molar-refractivity contribution in [2.24, 2.45) is 0 Å². The summed E-state index contributed by atoms with van der Waals surface area (Å²) in [6.45, 7) is 6.39. The molecule has 0 saturated carbocycles. The Labute approximate surface area is 120 Å². The van der Waals surface area contributed by atoms with Gasteiger partial charge in [0.2, 0.25) is 0 Å². The van der Waals surface area contributed by atoms with Gasteiger partial charge in [-0.1, -0.05) is 6.07 Å². The summed E-state index contributed by atoms with van der Waals surface area (Å²) >= 11 is 0. The topological polar surface area (TPSA) is 34.0 Å². The van der Waals surface area contributed by atoms with E-state index in [0.717, 1.165) is 18.8 Å². The van der Waals surface area contributed by atoms with Crippen LogP contribution in [-0.2, 0) is 6.54 Å². The molecule has 2 aromatic heterocycles. The standard InChI is InChI=1S/C16H22N4/c1-13(2)20-10-7-15(18-20)12-19-9-4-6-16(19)14-5-3-8-17-11-14/h3,5,7-8,10-11,13,16H,4,6,9,12H2,1-2H3. The van der Waals surface area contributed by atoms with Crippen molar-refractivity contribution >= 4 is 0 Å². The van der Waals surface area contributed by atoms with Gasteiger partial charge >= 0.3 is 0 Å². The Kier molecular flexibility index (Phi) is 3.83. The van der Waals surface area contributed by atoms with Gasteiger partial charge in [-0.05, 0) is 50.9 Å². The summed E-state index contributed by atoms with van der Waals surface area (Å²) in [4.78, 5) is 6.77. The number of rotatable bonds is 4. The smallest absolute Gasteiger partial charge is 0.0765 e. The zero-order chi connectivity index (χ0) is 13.9. The van der Waals surface area contributed by atoms with Crippen LogP contribution in [0.1, 0.15) is 50.0 Å². The summed E-state index contributed by atoms with van der Waals surface area (Å²) in [5.74, 6) is 0. The number of pyridine rings is 1. The van der Waals surface area contributed by atoms with Gasteiger partial charge in [-0.3, -0.25) is 14.6 Å². The fraction of sp³-hybridized carbons (Fsp3) is 0.500. The Morgan fingerprint density at radius 1 is 1.35 bits per heavy atom. The van der Waals surface area contributed by atoms with Crippen molar-refractivity contribution in [3.8, 4) is 0 Å². The molecule has 106 valence electrons. The maximum absolute atomic E-state index is 4.66. The molecule has 3 rings (SSSR count). The van der Waals surface area contributed by atoms with Crippen LogP contribution >= 0.6 is 0 Å². The second-order valence-electron chi connectivity index (χ2n) is 5.80. The van der Waals surface area contributed by atoms with E-state index >= 15 is 0 Å². The van der Waals surface area contributed by atoms with E-state index in [4.69, 9.17) is 0 Å². The largest absolute Gasteiger partial charge is 0.290 e. The van der Waals surface area contributed by atoms with Crippen LogP contribution in [-0.4, -0.2) is 26.2 Å². The summed E-state index contributed by atoms with van der Waals surface area (Å²) in [7, 11) is 0. The maximum Gasteiger partial charge on any atom is 0.0765 e. The van der Waals surface area contributed by atoms with E-state index in [9.17, 15) is 0 Å². The van der Waals surface area contributed by atoms with Crippen molar-refractivity contribution < 1.29 is 0 Å². The van der Waals surface area contributed by atoms with Crippen LogP contribution in [0.4, 0.5) is 0 Å². The molecule has 0 amide bonds. The summed E-state index contributed by atoms with van der Waals surface area (Å²) in [6, 6.07) is 7.27. The Balaban J connectivity index is 1.72. The molecule has 0 spiro atoms. The first-order chi connectivity index (χ1) is 9.74. The highest BCUT2D eigenvalue weighted by molar-refractivity contribution is 5.16. The van der Waals surface area contributed by atoms with Crippen LogP contribution in [0, 0.1) is 0 Å². The third-order valence-electron chi connectivity index (χ3n) is 3.99. The minimum atomic E-state index is 0.427. The third kappa shape index (κ3) is 2.75. The lowest BCUT2D eigenvalue weighted by Crippen LogP contribution is -2.23. The number of hydrogen-bond donors (Lipinski definition) is 0. The molecular formula is C16H22N4. The molecule has 1 atom stereocenters. The molecule has 0 N–H and O–H groups in total. The molecular weight excluding hydrogens is 248 g/mol. The van der Waals surface area contributed by atoms with E-state index in [0.29, 0.717) is 12.1 Å². The highest BCUT2D eigenvalue weighted by Crippen LogP contribution is 2.32. The molecule has 1 fully saturated rings. The van der Waals surface area contributed by atoms with Gasteiger partial charge in [0, 0.05) is 37.2 Å². The van der Waals surface area contributed by atoms with Gasteiger partial charge in [-0.2, -0.15) is 5.10 Å². The lowest BCUT2D eigenvalue weighted by atomic mass is 10.1. The fourth-order valence-electron chi connectivity index (χ4n) is 2.92. The van der Waals surface area contributed by atoms with Crippen molar-refractivity contribution in [1.82, 2.24) is 19.7 Å². The number of hydrogen-bond acceptors (Lipinski definition) is 3. The monoisotopic (exact) mass is 270 g/mol. The van der Waals surface area contributed by atoms with E-state index in [1.165, 1.54) is 18.4 Å². The Morgan fingerprint density at radius 2 is 2.25 bits per heavy atom. The molecule has 4 heteroatoms. The molecule has 3 heterocycles. The molecule has 1 aliphatic heterocycles. The first kappa shape index (κ1) is 13.3. The molecule has 1 unspecified atom stereocenters. The summed E-state index contributed by atoms with van der Waals surface area (Å²) in [5.41, 5.74) is 2.49. The zero-order valence-corrected chi connectivity index (χ0v) is 12.2. The molecule has 0 aliphatic carbocycles. The summed E-state index contributed by atoms with van der Waals surface area (Å²) in [5, 5.41) is 4.66. The quantitative estimate of drug-likeness (QED) is 0.855. The zero-order valence-electron chi connectivity index (χ0n) is 12.2. The summed E-state index contributed by atoms with van der Waals surface area (Å²) < 4.78 is 2.03. The Hall–Kier alpha value is -1.68. The molecule has 2 aromatic rings. The number of likely N-dealkylation sites (tertiary alicyclic amines) is 1. The lowest BCUT2D eigenvalue weighted by molar-refractivity contribution is 0.244. The SMILES string of the molecule is CC(C)n1ccc(CN2CCCC2c2cccnc2)n1. The highest BCUT2D eigenvalue weighted by atomic mass is 15.3. The minimum Gasteiger partial charge on any atom is -0.290 e. The van der Waals surface area contributed by atoms with Gasteiger partial charge in [0.15, 0.2) is 0 Å². The van der Waals surface area contributed by atoms with E-state index in [1.54, 1.807) is 0 Å². The molecule has 0 aromatic carbocycles. The van der Waals surface area contributed by atoms with E-state index < -0.39 is 0 Å². The second-order valence-corrected chi connectivity index (χ2v) is 5.80. The van der Waals surface area contributed by atoms with Crippen molar-refractivity contribution in [3.05, 3.63) is 48.0 Å². The predicted molar refractivity (Wildman–Crippen MR) is 79.2 cm³/mol. The molecule has 1 aliphatic rings. The average molecular weight is 270 g/mol. The van der Waals surface area contributed by atoms with Gasteiger partial charge in [-0.25, -0.2) is 0 Å². The maximum atomic E-state index is 4.66. The second kappa shape index (κ2) is 5.75. The van der Waals surface area contributed by atoms with Crippen LogP contribution in [0.5, 0.6) is 0 Å². The van der Waals surface area contributed by atoms with Crippen molar-refractivity contribution in [3.63, 3.8) is 0 Å². The predicted octanol–water partition coefficient (Wildman–Crippen LogP) is 3.20. The van der Waals surface area contributed by atoms with Gasteiger partial charge in [0.05, 0.1) is 5.69 Å². The summed E-state index contributed by atoms with van der Waals surface area (Å²) in [6.07, 6.45) is 8.39.